The molecule has 3 nitrogen and oxygen atoms in total. The highest BCUT2D eigenvalue weighted by atomic mass is 16.5. The minimum absolute atomic E-state index is 0.363. The van der Waals surface area contributed by atoms with E-state index >= 15 is 0 Å². The summed E-state index contributed by atoms with van der Waals surface area (Å²) >= 11 is 0. The van der Waals surface area contributed by atoms with E-state index < -0.39 is 0 Å². The number of hydrogen-bond acceptors (Lipinski definition) is 3. The lowest BCUT2D eigenvalue weighted by Gasteiger charge is -2.17. The van der Waals surface area contributed by atoms with Gasteiger partial charge in [-0.15, -0.1) is 0 Å². The molecule has 0 unspecified atom stereocenters. The second kappa shape index (κ2) is 6.96. The van der Waals surface area contributed by atoms with E-state index in [9.17, 15) is 4.79 Å². The first-order valence-corrected chi connectivity index (χ1v) is 8.69. The molecule has 0 aliphatic heterocycles. The van der Waals surface area contributed by atoms with Crippen molar-refractivity contribution in [3.8, 4) is 22.6 Å². The van der Waals surface area contributed by atoms with Gasteiger partial charge >= 0.3 is 5.97 Å². The smallest absolute Gasteiger partial charge is 0.308 e. The molecule has 0 bridgehead atoms. The summed E-state index contributed by atoms with van der Waals surface area (Å²) in [5.74, 6) is 0.804. The van der Waals surface area contributed by atoms with Crippen molar-refractivity contribution < 1.29 is 14.3 Å². The topological polar surface area (TPSA) is 35.5 Å². The number of rotatable bonds is 4. The molecular weight excluding hydrogens is 336 g/mol. The van der Waals surface area contributed by atoms with Crippen LogP contribution in [-0.4, -0.2) is 5.97 Å². The number of fused-ring (bicyclic) bond motifs is 2. The second-order valence-electron chi connectivity index (χ2n) is 6.20. The fourth-order valence-corrected chi connectivity index (χ4v) is 3.45. The van der Waals surface area contributed by atoms with Crippen molar-refractivity contribution in [2.75, 3.05) is 0 Å². The van der Waals surface area contributed by atoms with Gasteiger partial charge in [0.1, 0.15) is 11.5 Å². The molecule has 3 heteroatoms. The van der Waals surface area contributed by atoms with Crippen LogP contribution in [0.2, 0.25) is 0 Å². The summed E-state index contributed by atoms with van der Waals surface area (Å²) in [5, 5.41) is 4.13. The van der Waals surface area contributed by atoms with Crippen molar-refractivity contribution in [1.29, 1.82) is 0 Å². The van der Waals surface area contributed by atoms with Gasteiger partial charge in [-0.2, -0.15) is 0 Å². The Kier molecular flexibility index (Phi) is 4.35. The van der Waals surface area contributed by atoms with Crippen LogP contribution in [0, 0.1) is 0 Å². The summed E-state index contributed by atoms with van der Waals surface area (Å²) in [7, 11) is 0. The molecular formula is C24H18O3. The van der Waals surface area contributed by atoms with Gasteiger partial charge in [0.05, 0.1) is 6.26 Å². The Bertz CT molecular complexity index is 1170. The molecule has 0 aliphatic rings. The molecule has 0 atom stereocenters. The van der Waals surface area contributed by atoms with Gasteiger partial charge in [-0.05, 0) is 33.7 Å². The van der Waals surface area contributed by atoms with E-state index in [0.717, 1.165) is 32.7 Å². The van der Waals surface area contributed by atoms with Crippen LogP contribution in [0.4, 0.5) is 0 Å². The molecule has 0 fully saturated rings. The molecule has 27 heavy (non-hydrogen) atoms. The van der Waals surface area contributed by atoms with Crippen LogP contribution in [0.25, 0.3) is 32.7 Å². The zero-order valence-electron chi connectivity index (χ0n) is 14.9. The fourth-order valence-electron chi connectivity index (χ4n) is 3.45. The highest BCUT2D eigenvalue weighted by molar-refractivity contribution is 6.10. The van der Waals surface area contributed by atoms with Crippen LogP contribution in [0.1, 0.15) is 6.92 Å². The van der Waals surface area contributed by atoms with E-state index in [1.165, 1.54) is 13.2 Å². The van der Waals surface area contributed by atoms with Crippen LogP contribution in [0.5, 0.6) is 11.5 Å². The van der Waals surface area contributed by atoms with Crippen LogP contribution in [0.3, 0.4) is 0 Å². The fraction of sp³-hybridized carbons (Fsp3) is 0.0417. The Labute approximate surface area is 157 Å². The van der Waals surface area contributed by atoms with Crippen molar-refractivity contribution in [1.82, 2.24) is 0 Å². The average molecular weight is 354 g/mol. The van der Waals surface area contributed by atoms with Crippen LogP contribution in [-0.2, 0) is 4.79 Å². The minimum atomic E-state index is -0.363. The summed E-state index contributed by atoms with van der Waals surface area (Å²) in [4.78, 5) is 11.7. The molecule has 0 saturated heterocycles. The summed E-state index contributed by atoms with van der Waals surface area (Å²) in [6.07, 6.45) is 1.41. The van der Waals surface area contributed by atoms with E-state index in [1.54, 1.807) is 0 Å². The highest BCUT2D eigenvalue weighted by Crippen LogP contribution is 2.45. The number of carbonyl (C=O) groups is 1. The van der Waals surface area contributed by atoms with Gasteiger partial charge in [-0.3, -0.25) is 4.79 Å². The Hall–Kier alpha value is -3.59. The molecule has 0 radical (unpaired) electrons. The summed E-state index contributed by atoms with van der Waals surface area (Å²) in [6.45, 7) is 5.10. The Morgan fingerprint density at radius 2 is 1.30 bits per heavy atom. The largest absolute Gasteiger partial charge is 0.465 e. The maximum Gasteiger partial charge on any atom is 0.308 e. The second-order valence-corrected chi connectivity index (χ2v) is 6.20. The number of ether oxygens (including phenoxy) is 2. The third-order valence-electron chi connectivity index (χ3n) is 4.50. The number of carbonyl (C=O) groups excluding carboxylic acids is 1. The van der Waals surface area contributed by atoms with Crippen molar-refractivity contribution >= 4 is 27.5 Å². The summed E-state index contributed by atoms with van der Waals surface area (Å²) in [5.41, 5.74) is 1.71. The van der Waals surface area contributed by atoms with Crippen molar-refractivity contribution in [2.24, 2.45) is 0 Å². The summed E-state index contributed by atoms with van der Waals surface area (Å²) in [6, 6.07) is 23.8. The average Bonchev–Trinajstić information content (AvgIpc) is 2.68. The molecule has 0 amide bonds. The molecule has 132 valence electrons. The third-order valence-corrected chi connectivity index (χ3v) is 4.50. The van der Waals surface area contributed by atoms with E-state index in [1.807, 2.05) is 72.8 Å². The standard InChI is InChI=1S/C24H18O3/c1-3-26-21-14-12-17-8-4-6-10-19(17)23(21)24-20-11-7-5-9-18(20)13-15-22(24)27-16(2)25/h3-15H,1H2,2H3. The first-order valence-electron chi connectivity index (χ1n) is 8.69. The molecule has 0 saturated carbocycles. The molecule has 4 aromatic rings. The first-order chi connectivity index (χ1) is 13.2. The van der Waals surface area contributed by atoms with Gasteiger partial charge in [0, 0.05) is 18.1 Å². The van der Waals surface area contributed by atoms with Gasteiger partial charge in [-0.25, -0.2) is 0 Å². The van der Waals surface area contributed by atoms with Gasteiger partial charge in [0.15, 0.2) is 0 Å². The Morgan fingerprint density at radius 1 is 0.778 bits per heavy atom. The van der Waals surface area contributed by atoms with Crippen molar-refractivity contribution in [2.45, 2.75) is 6.92 Å². The first kappa shape index (κ1) is 16.9. The SMILES string of the molecule is C=COc1ccc2ccccc2c1-c1c(OC(C)=O)ccc2ccccc12. The van der Waals surface area contributed by atoms with Gasteiger partial charge < -0.3 is 9.47 Å². The number of benzene rings is 4. The molecule has 0 heterocycles. The zero-order valence-corrected chi connectivity index (χ0v) is 14.9. The lowest BCUT2D eigenvalue weighted by atomic mass is 9.92. The Morgan fingerprint density at radius 3 is 1.85 bits per heavy atom. The molecule has 0 aliphatic carbocycles. The normalized spacial score (nSPS) is 10.7. The molecule has 0 spiro atoms. The van der Waals surface area contributed by atoms with Crippen LogP contribution >= 0.6 is 0 Å². The maximum absolute atomic E-state index is 11.7. The predicted octanol–water partition coefficient (Wildman–Crippen LogP) is 6.11. The predicted molar refractivity (Wildman–Crippen MR) is 109 cm³/mol. The third kappa shape index (κ3) is 3.04. The maximum atomic E-state index is 11.7. The minimum Gasteiger partial charge on any atom is -0.465 e. The van der Waals surface area contributed by atoms with E-state index in [-0.39, 0.29) is 5.97 Å². The lowest BCUT2D eigenvalue weighted by molar-refractivity contribution is -0.131. The molecule has 4 aromatic carbocycles. The molecule has 0 N–H and O–H groups in total. The van der Waals surface area contributed by atoms with E-state index in [2.05, 4.69) is 6.58 Å². The van der Waals surface area contributed by atoms with Crippen molar-refractivity contribution in [3.63, 3.8) is 0 Å². The highest BCUT2D eigenvalue weighted by Gasteiger charge is 2.19. The van der Waals surface area contributed by atoms with Gasteiger partial charge in [-0.1, -0.05) is 67.2 Å². The Balaban J connectivity index is 2.17. The number of hydrogen-bond donors (Lipinski definition) is 0. The van der Waals surface area contributed by atoms with Crippen LogP contribution < -0.4 is 9.47 Å². The van der Waals surface area contributed by atoms with Gasteiger partial charge in [0.2, 0.25) is 0 Å². The van der Waals surface area contributed by atoms with Crippen LogP contribution in [0.15, 0.2) is 85.6 Å². The zero-order chi connectivity index (χ0) is 18.8. The van der Waals surface area contributed by atoms with Crippen molar-refractivity contribution in [3.05, 3.63) is 85.6 Å². The van der Waals surface area contributed by atoms with E-state index in [0.29, 0.717) is 11.5 Å². The van der Waals surface area contributed by atoms with E-state index in [4.69, 9.17) is 9.47 Å². The monoisotopic (exact) mass is 354 g/mol. The van der Waals surface area contributed by atoms with Gasteiger partial charge in [0.25, 0.3) is 0 Å². The quantitative estimate of drug-likeness (QED) is 0.252. The molecule has 0 aromatic heterocycles. The molecule has 4 rings (SSSR count). The summed E-state index contributed by atoms with van der Waals surface area (Å²) < 4.78 is 11.3. The number of esters is 1. The lowest BCUT2D eigenvalue weighted by Crippen LogP contribution is -2.03.